The summed E-state index contributed by atoms with van der Waals surface area (Å²) in [6.45, 7) is 20.2. The number of benzene rings is 4. The first-order valence-electron chi connectivity index (χ1n) is 48.2. The number of hydrogen-bond donors (Lipinski definition) is 6. The molecule has 4 aromatic carbocycles. The molecule has 12 saturated heterocycles. The number of rotatable bonds is 20. The van der Waals surface area contributed by atoms with Gasteiger partial charge in [0.25, 0.3) is 0 Å². The van der Waals surface area contributed by atoms with Crippen molar-refractivity contribution in [2.45, 2.75) is 274 Å². The number of Topliss-reactive ketones (excluding diaryl/α,β-unsaturated/α-hetero) is 2. The molecule has 18 atom stereocenters. The van der Waals surface area contributed by atoms with Crippen molar-refractivity contribution in [1.82, 2.24) is 71.1 Å². The number of cyclic esters (lactones) is 2. The van der Waals surface area contributed by atoms with Crippen LogP contribution in [-0.4, -0.2) is 308 Å². The van der Waals surface area contributed by atoms with Gasteiger partial charge < -0.3 is 80.6 Å². The monoisotopic (exact) mass is 1900 g/mol. The molecule has 6 N–H and O–H groups in total. The molecule has 12 amide bonds. The Balaban J connectivity index is 0.000000241. The highest BCUT2D eigenvalue weighted by atomic mass is 32.2. The van der Waals surface area contributed by atoms with Crippen LogP contribution in [0.25, 0.3) is 0 Å². The van der Waals surface area contributed by atoms with Gasteiger partial charge in [0, 0.05) is 126 Å². The van der Waals surface area contributed by atoms with Gasteiger partial charge in [-0.2, -0.15) is 23.5 Å². The fraction of sp³-hybridized carbons (Fsp3) is 0.604. The second kappa shape index (κ2) is 47.5. The van der Waals surface area contributed by atoms with Crippen LogP contribution in [0.3, 0.4) is 0 Å². The van der Waals surface area contributed by atoms with E-state index in [0.29, 0.717) is 83.5 Å². The Morgan fingerprint density at radius 1 is 0.430 bits per heavy atom. The Labute approximate surface area is 801 Å². The number of hydrogen-bond acceptors (Lipinski definition) is 22. The number of ether oxygens (including phenoxy) is 2. The summed E-state index contributed by atoms with van der Waals surface area (Å²) in [5, 5.41) is 17.2. The smallest absolute Gasteiger partial charge is 0.333 e. The number of nitrogens with zero attached hydrogens (tertiary/aromatic N) is 8. The van der Waals surface area contributed by atoms with Crippen LogP contribution in [0.1, 0.15) is 197 Å². The number of fused-ring (bicyclic) bond motifs is 10. The van der Waals surface area contributed by atoms with Gasteiger partial charge in [-0.05, 0) is 159 Å². The Hall–Kier alpha value is -10.6. The number of amides is 12. The number of nitrogens with one attached hydrogen (secondary N) is 6. The molecule has 0 aromatic heterocycles. The zero-order valence-corrected chi connectivity index (χ0v) is 80.5. The van der Waals surface area contributed by atoms with Gasteiger partial charge in [0.2, 0.25) is 70.9 Å². The molecule has 4 aromatic rings. The van der Waals surface area contributed by atoms with E-state index in [1.807, 2.05) is 69.3 Å². The largest absolute Gasteiger partial charge is 0.458 e. The van der Waals surface area contributed by atoms with Crippen LogP contribution in [0.2, 0.25) is 0 Å². The highest BCUT2D eigenvalue weighted by Crippen LogP contribution is 2.41. The maximum Gasteiger partial charge on any atom is 0.333 e. The van der Waals surface area contributed by atoms with Crippen molar-refractivity contribution in [2.75, 3.05) is 91.0 Å². The van der Waals surface area contributed by atoms with Crippen molar-refractivity contribution < 1.29 is 86.2 Å². The number of carbonyl (C=O) groups is 16. The van der Waals surface area contributed by atoms with Crippen molar-refractivity contribution in [3.63, 3.8) is 0 Å². The SMILES string of the molecule is C.CCC(=O)N[C@@H]1C(=O)N[C@H](CC)C(=O)N2CCC[C@H]2C(=O)N(C)[C@@H](Cc2ccc(C)cc2)C(=O)N2C[C@@H](CSC3CN4CCC3CC4)C(=O)C[C@H]2C(=O)N[C@@H](c2ccccc2)C(=O)O[C@@H]1C.CCCCC(=O)N[C@@H]1C(=O)N[C@@H](CC)C(=O)N2CCC[C@H]2C(=O)N(C)[C@@H](Cc2ccc(C)cc2)C(=O)N2C[C@@H](CSC3CN4CCC3CC4)C(=O)C[C@H]2C(=O)N[C@@H](c2ccccc2)C(=O)O[C@@H]1C. The molecule has 34 heteroatoms. The third kappa shape index (κ3) is 25.1. The zero-order valence-electron chi connectivity index (χ0n) is 78.9. The summed E-state index contributed by atoms with van der Waals surface area (Å²) < 4.78 is 11.9. The lowest BCUT2D eigenvalue weighted by molar-refractivity contribution is -0.158. The number of thioether (sulfide) groups is 2. The Morgan fingerprint density at radius 2 is 0.807 bits per heavy atom. The molecular formula is C101H138N14O18S2. The molecule has 732 valence electrons. The van der Waals surface area contributed by atoms with Gasteiger partial charge in [0.15, 0.2) is 12.1 Å². The van der Waals surface area contributed by atoms with Crippen LogP contribution in [0.5, 0.6) is 0 Å². The molecule has 12 aliphatic rings. The first-order chi connectivity index (χ1) is 64.3. The van der Waals surface area contributed by atoms with Gasteiger partial charge in [0.05, 0.1) is 0 Å². The first kappa shape index (κ1) is 103. The van der Waals surface area contributed by atoms with E-state index in [1.165, 1.54) is 50.3 Å². The third-order valence-corrected chi connectivity index (χ3v) is 31.9. The van der Waals surface area contributed by atoms with Crippen LogP contribution in [0.4, 0.5) is 0 Å². The van der Waals surface area contributed by atoms with Gasteiger partial charge in [-0.3, -0.25) is 67.1 Å². The molecule has 4 bridgehead atoms. The van der Waals surface area contributed by atoms with E-state index in [-0.39, 0.29) is 96.5 Å². The fourth-order valence-corrected chi connectivity index (χ4v) is 23.7. The minimum Gasteiger partial charge on any atom is -0.458 e. The lowest BCUT2D eigenvalue weighted by Gasteiger charge is -2.45. The van der Waals surface area contributed by atoms with Crippen LogP contribution in [0, 0.1) is 37.5 Å². The second-order valence-corrected chi connectivity index (χ2v) is 40.5. The first-order valence-corrected chi connectivity index (χ1v) is 50.3. The standard InChI is InChI=1S/C51H69N7O9S.C49H65N7O9S.CH4/c1-6-8-16-43(60)53-44-32(4)67-51(66)45(35-13-10-9-11-14-35)54-46(61)39-27-41(59)36(30-68-42-29-56-24-21-34(42)22-25-56)28-58(39)50(65)40(26-33-19-17-31(3)18-20-33)55(5)49(64)38-15-12-23-57(38)48(63)37(7-2)52-47(44)62;1-6-35-46(61)55-21-11-14-36(55)47(62)53(5)38(24-31-17-15-29(3)16-18-31)48(63)56-26-34(28-66-40-27-54-22-19-32(40)20-23-54)39(57)25-37(56)44(59)52-43(33-12-9-8-10-13-33)49(64)65-30(4)42(45(60)50-35)51-41(58)7-2;/h9-11,13-14,17-20,32,34,36-40,42,44-45H,6-8,12,15-16,21-30H2,1-5H3,(H,52,62)(H,53,60)(H,54,61);8-10,12-13,15-18,30,32,34-38,40,42-43H,6-7,11,14,19-28H2,1-5H3,(H,50,60)(H,51,58)(H,52,59);1H4/t32-,36+,37+,38+,39+,40+,42?,44+,45+;30-,34+,35-,36+,37+,38+,40?,42+,43+;/m11./s1. The molecule has 0 radical (unpaired) electrons. The number of likely N-dealkylation sites (N-methyl/N-ethyl adjacent to an activating group) is 2. The Kier molecular flexibility index (Phi) is 36.3. The molecule has 0 aliphatic carbocycles. The average molecular weight is 1900 g/mol. The van der Waals surface area contributed by atoms with Gasteiger partial charge in [-0.25, -0.2) is 9.59 Å². The van der Waals surface area contributed by atoms with E-state index in [0.717, 1.165) is 87.2 Å². The molecule has 2 unspecified atom stereocenters. The number of ketones is 2. The molecule has 135 heavy (non-hydrogen) atoms. The normalized spacial score (nSPS) is 31.0. The second-order valence-electron chi connectivity index (χ2n) is 37.9. The van der Waals surface area contributed by atoms with Crippen LogP contribution >= 0.6 is 23.5 Å². The van der Waals surface area contributed by atoms with Crippen molar-refractivity contribution in [3.8, 4) is 0 Å². The van der Waals surface area contributed by atoms with Crippen molar-refractivity contribution in [1.29, 1.82) is 0 Å². The van der Waals surface area contributed by atoms with Gasteiger partial charge in [-0.1, -0.05) is 162 Å². The molecule has 12 fully saturated rings. The maximum absolute atomic E-state index is 15.6. The summed E-state index contributed by atoms with van der Waals surface area (Å²) in [5.41, 5.74) is 4.20. The fourth-order valence-electron chi connectivity index (χ4n) is 20.4. The summed E-state index contributed by atoms with van der Waals surface area (Å²) in [7, 11) is 3.08. The molecule has 32 nitrogen and oxygen atoms in total. The number of unbranched alkanes of at least 4 members (excludes halogenated alkanes) is 1. The molecule has 16 rings (SSSR count). The number of carbonyl (C=O) groups excluding carboxylic acids is 16. The highest BCUT2D eigenvalue weighted by Gasteiger charge is 2.52. The molecule has 0 saturated carbocycles. The van der Waals surface area contributed by atoms with Gasteiger partial charge in [-0.15, -0.1) is 0 Å². The minimum absolute atomic E-state index is 0. The van der Waals surface area contributed by atoms with E-state index in [9.17, 15) is 67.1 Å². The van der Waals surface area contributed by atoms with Crippen molar-refractivity contribution in [2.24, 2.45) is 23.7 Å². The topological polar surface area (TPSA) is 390 Å². The van der Waals surface area contributed by atoms with E-state index in [2.05, 4.69) is 41.7 Å². The van der Waals surface area contributed by atoms with Gasteiger partial charge >= 0.3 is 11.9 Å². The Morgan fingerprint density at radius 3 is 1.16 bits per heavy atom. The summed E-state index contributed by atoms with van der Waals surface area (Å²) in [6, 6.07) is 17.0. The number of esters is 2. The molecule has 12 heterocycles. The van der Waals surface area contributed by atoms with Gasteiger partial charge in [0.1, 0.15) is 84.2 Å². The Bertz CT molecular complexity index is 4910. The van der Waals surface area contributed by atoms with E-state index in [1.54, 1.807) is 112 Å². The van der Waals surface area contributed by atoms with Crippen LogP contribution in [-0.2, 0) is 99.0 Å². The average Bonchev–Trinajstić information content (AvgIpc) is 1.69. The summed E-state index contributed by atoms with van der Waals surface area (Å²) >= 11 is 3.51. The molecule has 12 aliphatic heterocycles. The number of aryl methyl sites for hydroxylation is 2. The maximum atomic E-state index is 15.6. The minimum atomic E-state index is -1.46. The predicted octanol–water partition coefficient (Wildman–Crippen LogP) is 6.54. The number of piperidine rings is 8. The lowest BCUT2D eigenvalue weighted by Crippen LogP contribution is -2.63. The van der Waals surface area contributed by atoms with E-state index >= 15 is 9.59 Å². The predicted molar refractivity (Wildman–Crippen MR) is 511 cm³/mol. The summed E-state index contributed by atoms with van der Waals surface area (Å²) in [6.07, 6.45) is 4.64. The van der Waals surface area contributed by atoms with Crippen molar-refractivity contribution in [3.05, 3.63) is 143 Å². The summed E-state index contributed by atoms with van der Waals surface area (Å²) in [5.74, 6) is -8.49. The zero-order chi connectivity index (χ0) is 95.9. The highest BCUT2D eigenvalue weighted by molar-refractivity contribution is 8.00. The van der Waals surface area contributed by atoms with Crippen LogP contribution in [0.15, 0.2) is 109 Å². The van der Waals surface area contributed by atoms with Crippen molar-refractivity contribution >= 4 is 118 Å². The third-order valence-electron chi connectivity index (χ3n) is 28.8. The van der Waals surface area contributed by atoms with E-state index in [4.69, 9.17) is 9.47 Å². The molecular weight excluding hydrogens is 1760 g/mol. The van der Waals surface area contributed by atoms with E-state index < -0.39 is 179 Å². The summed E-state index contributed by atoms with van der Waals surface area (Å²) in [4.78, 5) is 245. The lowest BCUT2D eigenvalue weighted by atomic mass is 9.88. The quantitative estimate of drug-likeness (QED) is 0.0511. The molecule has 0 spiro atoms. The van der Waals surface area contributed by atoms with Crippen LogP contribution < -0.4 is 31.9 Å².